The van der Waals surface area contributed by atoms with Gasteiger partial charge in [-0.05, 0) is 53.7 Å². The first kappa shape index (κ1) is 26.6. The number of rotatable bonds is 12. The fourth-order valence-corrected chi connectivity index (χ4v) is 1.65. The third kappa shape index (κ3) is 11.1. The van der Waals surface area contributed by atoms with Gasteiger partial charge in [-0.2, -0.15) is 19.6 Å². The molecule has 30 heavy (non-hydrogen) atoms. The summed E-state index contributed by atoms with van der Waals surface area (Å²) in [6.07, 6.45) is -1.49. The van der Waals surface area contributed by atoms with Gasteiger partial charge in [0.25, 0.3) is 0 Å². The Morgan fingerprint density at radius 1 is 0.567 bits per heavy atom. The Balaban J connectivity index is 2.72. The van der Waals surface area contributed by atoms with Crippen LogP contribution < -0.4 is 9.78 Å². The first-order valence-corrected chi connectivity index (χ1v) is 10.2. The van der Waals surface area contributed by atoms with Crippen molar-refractivity contribution in [2.45, 2.75) is 93.0 Å². The Morgan fingerprint density at radius 3 is 1.17 bits per heavy atom. The topological polar surface area (TPSA) is 73.8 Å². The van der Waals surface area contributed by atoms with Crippen molar-refractivity contribution in [2.75, 3.05) is 0 Å². The molecule has 0 aromatic heterocycles. The zero-order chi connectivity index (χ0) is 22.9. The van der Waals surface area contributed by atoms with Gasteiger partial charge in [-0.25, -0.2) is 9.78 Å². The Morgan fingerprint density at radius 2 is 0.900 bits per heavy atom. The summed E-state index contributed by atoms with van der Waals surface area (Å²) < 4.78 is 0. The van der Waals surface area contributed by atoms with E-state index in [1.165, 1.54) is 0 Å². The van der Waals surface area contributed by atoms with Crippen molar-refractivity contribution in [2.24, 2.45) is 11.8 Å². The molecule has 2 atom stereocenters. The maximum Gasteiger partial charge on any atom is 0.238 e. The molecule has 0 spiro atoms. The van der Waals surface area contributed by atoms with Crippen LogP contribution >= 0.6 is 0 Å². The van der Waals surface area contributed by atoms with E-state index >= 15 is 0 Å². The zero-order valence-electron chi connectivity index (χ0n) is 19.9. The molecule has 0 bridgehead atoms. The van der Waals surface area contributed by atoms with Crippen molar-refractivity contribution in [3.63, 3.8) is 0 Å². The lowest BCUT2D eigenvalue weighted by Crippen LogP contribution is -2.31. The predicted molar refractivity (Wildman–Crippen MR) is 111 cm³/mol. The first-order valence-electron chi connectivity index (χ1n) is 10.2. The molecule has 0 aliphatic rings. The largest absolute Gasteiger partial charge is 0.331 e. The van der Waals surface area contributed by atoms with Gasteiger partial charge in [0.2, 0.25) is 24.1 Å². The van der Waals surface area contributed by atoms with Crippen molar-refractivity contribution in [1.29, 1.82) is 0 Å². The lowest BCUT2D eigenvalue weighted by molar-refractivity contribution is -0.472. The highest BCUT2D eigenvalue weighted by molar-refractivity contribution is 5.38. The van der Waals surface area contributed by atoms with E-state index in [-0.39, 0.29) is 11.8 Å². The molecule has 0 radical (unpaired) electrons. The Hall–Kier alpha value is -1.42. The predicted octanol–water partition coefficient (Wildman–Crippen LogP) is 5.77. The molecule has 8 nitrogen and oxygen atoms in total. The second-order valence-corrected chi connectivity index (χ2v) is 9.61. The molecule has 0 fully saturated rings. The van der Waals surface area contributed by atoms with Crippen LogP contribution in [-0.2, 0) is 29.3 Å². The summed E-state index contributed by atoms with van der Waals surface area (Å²) in [7, 11) is 0. The number of para-hydroxylation sites is 2. The fourth-order valence-electron chi connectivity index (χ4n) is 1.65. The lowest BCUT2D eigenvalue weighted by Gasteiger charge is -2.25. The van der Waals surface area contributed by atoms with Crippen LogP contribution in [0.5, 0.6) is 11.5 Å². The normalized spacial score (nSPS) is 14.8. The Bertz CT molecular complexity index is 551. The van der Waals surface area contributed by atoms with Crippen molar-refractivity contribution >= 4 is 0 Å². The van der Waals surface area contributed by atoms with E-state index in [0.29, 0.717) is 11.5 Å². The van der Waals surface area contributed by atoms with E-state index in [1.807, 2.05) is 69.2 Å². The van der Waals surface area contributed by atoms with Gasteiger partial charge in [-0.15, -0.1) is 0 Å². The maximum atomic E-state index is 5.45. The molecular weight excluding hydrogens is 392 g/mol. The van der Waals surface area contributed by atoms with Crippen LogP contribution in [0.3, 0.4) is 0 Å². The minimum atomic E-state index is -0.745. The van der Waals surface area contributed by atoms with Gasteiger partial charge in [0.1, 0.15) is 0 Å². The molecule has 8 heteroatoms. The van der Waals surface area contributed by atoms with Gasteiger partial charge in [-0.3, -0.25) is 0 Å². The summed E-state index contributed by atoms with van der Waals surface area (Å²) in [6, 6.07) is 6.92. The van der Waals surface area contributed by atoms with Gasteiger partial charge in [0.05, 0.1) is 11.2 Å². The van der Waals surface area contributed by atoms with Crippen LogP contribution in [0.2, 0.25) is 0 Å². The average molecular weight is 431 g/mol. The van der Waals surface area contributed by atoms with E-state index in [2.05, 4.69) is 0 Å². The van der Waals surface area contributed by atoms with Gasteiger partial charge < -0.3 is 9.78 Å². The van der Waals surface area contributed by atoms with E-state index in [0.717, 1.165) is 0 Å². The van der Waals surface area contributed by atoms with E-state index in [4.69, 9.17) is 39.1 Å². The molecule has 174 valence electrons. The summed E-state index contributed by atoms with van der Waals surface area (Å²) in [6.45, 7) is 19.0. The van der Waals surface area contributed by atoms with Crippen LogP contribution in [0.1, 0.15) is 69.2 Å². The summed E-state index contributed by atoms with van der Waals surface area (Å²) in [5.74, 6) is 0.568. The van der Waals surface area contributed by atoms with Gasteiger partial charge in [0.15, 0.2) is 0 Å². The SMILES string of the molecule is CC(C)C(OOc1ccccc1OOC(OOC(C)(C)C)C(C)C)OOC(C)(C)C. The van der Waals surface area contributed by atoms with Crippen LogP contribution in [0.25, 0.3) is 0 Å². The average Bonchev–Trinajstić information content (AvgIpc) is 2.60. The molecule has 0 N–H and O–H groups in total. The quantitative estimate of drug-likeness (QED) is 0.235. The van der Waals surface area contributed by atoms with Crippen LogP contribution in [0.4, 0.5) is 0 Å². The fraction of sp³-hybridized carbons (Fsp3) is 0.727. The summed E-state index contributed by atoms with van der Waals surface area (Å²) in [5, 5.41) is 0. The Labute approximate surface area is 180 Å². The van der Waals surface area contributed by atoms with Crippen LogP contribution in [-0.4, -0.2) is 23.8 Å². The third-order valence-corrected chi connectivity index (χ3v) is 3.19. The molecule has 1 aromatic rings. The lowest BCUT2D eigenvalue weighted by atomic mass is 10.2. The molecule has 2 unspecified atom stereocenters. The summed E-state index contributed by atoms with van der Waals surface area (Å²) in [4.78, 5) is 43.2. The van der Waals surface area contributed by atoms with Crippen molar-refractivity contribution in [3.8, 4) is 11.5 Å². The zero-order valence-corrected chi connectivity index (χ0v) is 19.9. The molecular formula is C22H38O8. The van der Waals surface area contributed by atoms with E-state index in [1.54, 1.807) is 24.3 Å². The molecule has 0 amide bonds. The summed E-state index contributed by atoms with van der Waals surface area (Å²) >= 11 is 0. The molecule has 0 saturated carbocycles. The van der Waals surface area contributed by atoms with Gasteiger partial charge in [-0.1, -0.05) is 39.8 Å². The van der Waals surface area contributed by atoms with Crippen LogP contribution in [0, 0.1) is 11.8 Å². The first-order chi connectivity index (χ1) is 13.8. The number of hydrogen-bond donors (Lipinski definition) is 0. The molecule has 0 saturated heterocycles. The second kappa shape index (κ2) is 11.8. The minimum absolute atomic E-state index is 0.0232. The second-order valence-electron chi connectivity index (χ2n) is 9.61. The van der Waals surface area contributed by atoms with Crippen molar-refractivity contribution in [1.82, 2.24) is 0 Å². The van der Waals surface area contributed by atoms with Crippen molar-refractivity contribution in [3.05, 3.63) is 24.3 Å². The minimum Gasteiger partial charge on any atom is -0.331 e. The van der Waals surface area contributed by atoms with E-state index in [9.17, 15) is 0 Å². The van der Waals surface area contributed by atoms with Crippen LogP contribution in [0.15, 0.2) is 24.3 Å². The number of benzene rings is 1. The highest BCUT2D eigenvalue weighted by Gasteiger charge is 2.25. The van der Waals surface area contributed by atoms with Crippen molar-refractivity contribution < 1.29 is 39.1 Å². The van der Waals surface area contributed by atoms with Gasteiger partial charge in [0, 0.05) is 11.8 Å². The highest BCUT2D eigenvalue weighted by atomic mass is 17.3. The molecule has 1 rings (SSSR count). The smallest absolute Gasteiger partial charge is 0.238 e. The van der Waals surface area contributed by atoms with E-state index < -0.39 is 23.8 Å². The molecule has 0 heterocycles. The Kier molecular flexibility index (Phi) is 10.5. The molecule has 0 aliphatic carbocycles. The van der Waals surface area contributed by atoms with Gasteiger partial charge >= 0.3 is 0 Å². The molecule has 1 aromatic carbocycles. The molecule has 0 aliphatic heterocycles. The number of hydrogen-bond acceptors (Lipinski definition) is 8. The summed E-state index contributed by atoms with van der Waals surface area (Å²) in [5.41, 5.74) is -0.960. The maximum absolute atomic E-state index is 5.45. The monoisotopic (exact) mass is 430 g/mol. The highest BCUT2D eigenvalue weighted by Crippen LogP contribution is 2.29. The standard InChI is InChI=1S/C22H38O8/c1-15(2)19(27-29-21(5,6)7)25-23-17-13-11-12-14-18(17)24-26-20(16(3)4)28-30-22(8,9)10/h11-16,19-20H,1-10H3. The third-order valence-electron chi connectivity index (χ3n) is 3.19.